The predicted molar refractivity (Wildman–Crippen MR) is 66.2 cm³/mol. The van der Waals surface area contributed by atoms with Gasteiger partial charge < -0.3 is 9.47 Å². The Hall–Kier alpha value is -1.34. The lowest BCUT2D eigenvalue weighted by Crippen LogP contribution is -2.02. The van der Waals surface area contributed by atoms with Gasteiger partial charge >= 0.3 is 0 Å². The Balaban J connectivity index is 2.77. The zero-order chi connectivity index (χ0) is 11.8. The van der Waals surface area contributed by atoms with Gasteiger partial charge in [-0.2, -0.15) is 17.0 Å². The van der Waals surface area contributed by atoms with E-state index >= 15 is 0 Å². The monoisotopic (exact) mass is 237 g/mol. The van der Waals surface area contributed by atoms with Crippen LogP contribution in [-0.4, -0.2) is 25.2 Å². The minimum Gasteiger partial charge on any atom is -0.490 e. The minimum absolute atomic E-state index is 0.563. The summed E-state index contributed by atoms with van der Waals surface area (Å²) in [6.07, 6.45) is 2.03. The molecule has 0 aliphatic rings. The second-order valence-corrected chi connectivity index (χ2v) is 4.03. The van der Waals surface area contributed by atoms with Crippen LogP contribution in [0.3, 0.4) is 0 Å². The van der Waals surface area contributed by atoms with Crippen molar-refractivity contribution in [3.8, 4) is 17.6 Å². The van der Waals surface area contributed by atoms with Crippen LogP contribution in [0.15, 0.2) is 18.2 Å². The van der Waals surface area contributed by atoms with E-state index in [1.807, 2.05) is 13.2 Å². The Morgan fingerprint density at radius 3 is 2.75 bits per heavy atom. The van der Waals surface area contributed by atoms with Gasteiger partial charge in [0.15, 0.2) is 11.5 Å². The van der Waals surface area contributed by atoms with Gasteiger partial charge in [0, 0.05) is 11.8 Å². The molecule has 0 spiro atoms. The molecule has 0 aliphatic heterocycles. The van der Waals surface area contributed by atoms with Crippen molar-refractivity contribution in [1.82, 2.24) is 0 Å². The molecule has 3 nitrogen and oxygen atoms in total. The maximum atomic E-state index is 8.79. The second-order valence-electron chi connectivity index (χ2n) is 3.05. The van der Waals surface area contributed by atoms with Crippen LogP contribution in [0.4, 0.5) is 0 Å². The quantitative estimate of drug-likeness (QED) is 0.713. The van der Waals surface area contributed by atoms with Crippen LogP contribution in [0, 0.1) is 11.3 Å². The molecule has 0 saturated heterocycles. The summed E-state index contributed by atoms with van der Waals surface area (Å²) in [5.41, 5.74) is 0.584. The largest absolute Gasteiger partial charge is 0.490 e. The second kappa shape index (κ2) is 7.02. The number of ether oxygens (including phenoxy) is 2. The number of nitrogens with zero attached hydrogens (tertiary/aromatic N) is 1. The summed E-state index contributed by atoms with van der Waals surface area (Å²) in [6.45, 7) is 3.12. The van der Waals surface area contributed by atoms with Gasteiger partial charge in [-0.1, -0.05) is 0 Å². The average molecular weight is 237 g/mol. The van der Waals surface area contributed by atoms with Gasteiger partial charge in [-0.15, -0.1) is 0 Å². The van der Waals surface area contributed by atoms with Gasteiger partial charge in [0.2, 0.25) is 0 Å². The molecule has 1 aromatic carbocycles. The lowest BCUT2D eigenvalue weighted by atomic mass is 10.2. The first-order valence-corrected chi connectivity index (χ1v) is 6.50. The predicted octanol–water partition coefficient (Wildman–Crippen LogP) is 2.70. The first-order valence-electron chi connectivity index (χ1n) is 5.10. The zero-order valence-electron chi connectivity index (χ0n) is 9.53. The van der Waals surface area contributed by atoms with Crippen LogP contribution in [0.2, 0.25) is 0 Å². The van der Waals surface area contributed by atoms with E-state index in [0.717, 1.165) is 5.75 Å². The molecule has 0 radical (unpaired) electrons. The van der Waals surface area contributed by atoms with Crippen molar-refractivity contribution >= 4 is 11.8 Å². The number of hydrogen-bond donors (Lipinski definition) is 0. The Morgan fingerprint density at radius 1 is 1.31 bits per heavy atom. The van der Waals surface area contributed by atoms with Crippen molar-refractivity contribution < 1.29 is 9.47 Å². The molecule has 0 N–H and O–H groups in total. The molecule has 1 aromatic rings. The van der Waals surface area contributed by atoms with Gasteiger partial charge in [-0.05, 0) is 25.3 Å². The van der Waals surface area contributed by atoms with Crippen LogP contribution in [-0.2, 0) is 0 Å². The SMILES string of the molecule is CCOc1cc(C#N)ccc1OCCSC. The first kappa shape index (κ1) is 12.7. The molecule has 0 atom stereocenters. The van der Waals surface area contributed by atoms with Gasteiger partial charge in [0.25, 0.3) is 0 Å². The number of benzene rings is 1. The lowest BCUT2D eigenvalue weighted by Gasteiger charge is -2.11. The molecule has 0 heterocycles. The van der Waals surface area contributed by atoms with Crippen molar-refractivity contribution in [2.24, 2.45) is 0 Å². The van der Waals surface area contributed by atoms with Gasteiger partial charge in [-0.25, -0.2) is 0 Å². The van der Waals surface area contributed by atoms with Crippen molar-refractivity contribution in [2.75, 3.05) is 25.2 Å². The van der Waals surface area contributed by atoms with E-state index in [4.69, 9.17) is 14.7 Å². The number of thioether (sulfide) groups is 1. The normalized spacial score (nSPS) is 9.56. The van der Waals surface area contributed by atoms with Crippen LogP contribution in [0.25, 0.3) is 0 Å². The summed E-state index contributed by atoms with van der Waals surface area (Å²) in [6, 6.07) is 7.30. The molecule has 0 saturated carbocycles. The van der Waals surface area contributed by atoms with Crippen molar-refractivity contribution in [3.05, 3.63) is 23.8 Å². The summed E-state index contributed by atoms with van der Waals surface area (Å²) in [5, 5.41) is 8.79. The van der Waals surface area contributed by atoms with Crippen molar-refractivity contribution in [1.29, 1.82) is 5.26 Å². The number of hydrogen-bond acceptors (Lipinski definition) is 4. The molecular formula is C12H15NO2S. The van der Waals surface area contributed by atoms with Crippen LogP contribution in [0.1, 0.15) is 12.5 Å². The number of nitriles is 1. The Bertz CT molecular complexity index is 374. The first-order chi connectivity index (χ1) is 7.81. The Morgan fingerprint density at radius 2 is 2.12 bits per heavy atom. The third-order valence-corrected chi connectivity index (χ3v) is 2.49. The van der Waals surface area contributed by atoms with E-state index in [-0.39, 0.29) is 0 Å². The highest BCUT2D eigenvalue weighted by molar-refractivity contribution is 7.98. The highest BCUT2D eigenvalue weighted by Gasteiger charge is 2.05. The van der Waals surface area contributed by atoms with E-state index in [2.05, 4.69) is 6.07 Å². The lowest BCUT2D eigenvalue weighted by molar-refractivity contribution is 0.289. The Labute approximate surface area is 100 Å². The third kappa shape index (κ3) is 3.67. The molecule has 0 aliphatic carbocycles. The molecule has 0 amide bonds. The standard InChI is InChI=1S/C12H15NO2S/c1-3-14-12-8-10(9-13)4-5-11(12)15-6-7-16-2/h4-5,8H,3,6-7H2,1-2H3. The maximum absolute atomic E-state index is 8.79. The van der Waals surface area contributed by atoms with E-state index in [9.17, 15) is 0 Å². The third-order valence-electron chi connectivity index (χ3n) is 1.92. The molecule has 4 heteroatoms. The summed E-state index contributed by atoms with van der Waals surface area (Å²) in [4.78, 5) is 0. The fourth-order valence-electron chi connectivity index (χ4n) is 1.20. The highest BCUT2D eigenvalue weighted by atomic mass is 32.2. The molecule has 0 aromatic heterocycles. The summed E-state index contributed by atoms with van der Waals surface area (Å²) >= 11 is 1.73. The summed E-state index contributed by atoms with van der Waals surface area (Å²) in [7, 11) is 0. The summed E-state index contributed by atoms with van der Waals surface area (Å²) < 4.78 is 11.0. The van der Waals surface area contributed by atoms with E-state index in [1.165, 1.54) is 0 Å². The molecule has 16 heavy (non-hydrogen) atoms. The fraction of sp³-hybridized carbons (Fsp3) is 0.417. The zero-order valence-corrected chi connectivity index (χ0v) is 10.3. The topological polar surface area (TPSA) is 42.2 Å². The van der Waals surface area contributed by atoms with E-state index in [0.29, 0.717) is 30.3 Å². The van der Waals surface area contributed by atoms with E-state index in [1.54, 1.807) is 30.0 Å². The minimum atomic E-state index is 0.563. The highest BCUT2D eigenvalue weighted by Crippen LogP contribution is 2.28. The fourth-order valence-corrected chi connectivity index (χ4v) is 1.45. The molecule has 86 valence electrons. The van der Waals surface area contributed by atoms with Gasteiger partial charge in [-0.3, -0.25) is 0 Å². The molecule has 0 fully saturated rings. The number of rotatable bonds is 6. The summed E-state index contributed by atoms with van der Waals surface area (Å²) in [5.74, 6) is 2.28. The average Bonchev–Trinajstić information content (AvgIpc) is 2.31. The molecular weight excluding hydrogens is 222 g/mol. The van der Waals surface area contributed by atoms with Crippen molar-refractivity contribution in [3.63, 3.8) is 0 Å². The van der Waals surface area contributed by atoms with Gasteiger partial charge in [0.05, 0.1) is 24.8 Å². The Kier molecular flexibility index (Phi) is 5.58. The maximum Gasteiger partial charge on any atom is 0.162 e. The smallest absolute Gasteiger partial charge is 0.162 e. The van der Waals surface area contributed by atoms with Crippen LogP contribution in [0.5, 0.6) is 11.5 Å². The molecule has 0 unspecified atom stereocenters. The van der Waals surface area contributed by atoms with Crippen molar-refractivity contribution in [2.45, 2.75) is 6.92 Å². The van der Waals surface area contributed by atoms with E-state index < -0.39 is 0 Å². The van der Waals surface area contributed by atoms with Gasteiger partial charge in [0.1, 0.15) is 0 Å². The molecule has 1 rings (SSSR count). The van der Waals surface area contributed by atoms with Crippen LogP contribution >= 0.6 is 11.8 Å². The molecule has 0 bridgehead atoms. The van der Waals surface area contributed by atoms with Crippen LogP contribution < -0.4 is 9.47 Å².